The van der Waals surface area contributed by atoms with Crippen LogP contribution in [-0.2, 0) is 6.54 Å². The van der Waals surface area contributed by atoms with Crippen molar-refractivity contribution in [3.63, 3.8) is 0 Å². The second-order valence-electron chi connectivity index (χ2n) is 7.60. The van der Waals surface area contributed by atoms with E-state index in [9.17, 15) is 0 Å². The van der Waals surface area contributed by atoms with Crippen molar-refractivity contribution in [1.29, 1.82) is 0 Å². The zero-order valence-corrected chi connectivity index (χ0v) is 14.8. The van der Waals surface area contributed by atoms with Gasteiger partial charge in [0.05, 0.1) is 0 Å². The maximum atomic E-state index is 2.78. The molecule has 0 spiro atoms. The number of nitrogens with zero attached hydrogens (tertiary/aromatic N) is 2. The van der Waals surface area contributed by atoms with Crippen LogP contribution in [0.4, 0.5) is 0 Å². The van der Waals surface area contributed by atoms with E-state index in [-0.39, 0.29) is 0 Å². The topological polar surface area (TPSA) is 6.48 Å². The summed E-state index contributed by atoms with van der Waals surface area (Å²) in [4.78, 5) is 5.43. The highest BCUT2D eigenvalue weighted by molar-refractivity contribution is 5.85. The van der Waals surface area contributed by atoms with Gasteiger partial charge in [-0.15, -0.1) is 0 Å². The van der Waals surface area contributed by atoms with E-state index in [1.165, 1.54) is 81.0 Å². The van der Waals surface area contributed by atoms with Crippen molar-refractivity contribution in [2.45, 2.75) is 51.1 Å². The highest BCUT2D eigenvalue weighted by atomic mass is 15.3. The van der Waals surface area contributed by atoms with Gasteiger partial charge in [0.1, 0.15) is 0 Å². The molecule has 24 heavy (non-hydrogen) atoms. The van der Waals surface area contributed by atoms with Crippen LogP contribution in [0.15, 0.2) is 42.5 Å². The third-order valence-corrected chi connectivity index (χ3v) is 6.02. The molecule has 0 atom stereocenters. The van der Waals surface area contributed by atoms with Gasteiger partial charge in [0, 0.05) is 38.8 Å². The molecule has 128 valence electrons. The van der Waals surface area contributed by atoms with Crippen molar-refractivity contribution in [2.24, 2.45) is 0 Å². The van der Waals surface area contributed by atoms with Crippen LogP contribution >= 0.6 is 0 Å². The first-order valence-corrected chi connectivity index (χ1v) is 9.83. The minimum atomic E-state index is 0.868. The van der Waals surface area contributed by atoms with Crippen molar-refractivity contribution < 1.29 is 0 Å². The van der Waals surface area contributed by atoms with E-state index in [2.05, 4.69) is 52.3 Å². The highest BCUT2D eigenvalue weighted by Crippen LogP contribution is 2.24. The highest BCUT2D eigenvalue weighted by Gasteiger charge is 2.24. The van der Waals surface area contributed by atoms with Crippen LogP contribution in [0, 0.1) is 0 Å². The Bertz CT molecular complexity index is 645. The maximum Gasteiger partial charge on any atom is 0.0240 e. The molecule has 1 saturated carbocycles. The van der Waals surface area contributed by atoms with Gasteiger partial charge in [0.25, 0.3) is 0 Å². The molecule has 2 heteroatoms. The largest absolute Gasteiger partial charge is 0.298 e. The zero-order chi connectivity index (χ0) is 16.2. The molecule has 2 aliphatic rings. The number of rotatable bonds is 3. The van der Waals surface area contributed by atoms with Crippen LogP contribution in [-0.4, -0.2) is 42.0 Å². The molecule has 0 N–H and O–H groups in total. The summed E-state index contributed by atoms with van der Waals surface area (Å²) in [5.74, 6) is 0. The fourth-order valence-electron chi connectivity index (χ4n) is 4.58. The van der Waals surface area contributed by atoms with Crippen LogP contribution in [0.3, 0.4) is 0 Å². The van der Waals surface area contributed by atoms with Gasteiger partial charge in [0.15, 0.2) is 0 Å². The fraction of sp³-hybridized carbons (Fsp3) is 0.545. The molecule has 2 aromatic rings. The van der Waals surface area contributed by atoms with Crippen LogP contribution in [0.5, 0.6) is 0 Å². The molecule has 2 fully saturated rings. The molecule has 1 saturated heterocycles. The summed E-state index contributed by atoms with van der Waals surface area (Å²) in [6.45, 7) is 6.06. The molecular weight excluding hydrogens is 292 g/mol. The lowest BCUT2D eigenvalue weighted by Crippen LogP contribution is -2.49. The Morgan fingerprint density at radius 3 is 2.25 bits per heavy atom. The van der Waals surface area contributed by atoms with E-state index in [1.807, 2.05) is 0 Å². The average molecular weight is 322 g/mol. The lowest BCUT2D eigenvalue weighted by Gasteiger charge is -2.39. The van der Waals surface area contributed by atoms with Crippen molar-refractivity contribution in [3.05, 3.63) is 48.0 Å². The van der Waals surface area contributed by atoms with Crippen LogP contribution in [0.25, 0.3) is 10.8 Å². The molecular formula is C22H30N2. The number of piperazine rings is 1. The predicted octanol–water partition coefficient (Wildman–Crippen LogP) is 4.68. The number of hydrogen-bond donors (Lipinski definition) is 0. The third-order valence-electron chi connectivity index (χ3n) is 6.02. The van der Waals surface area contributed by atoms with Crippen molar-refractivity contribution in [3.8, 4) is 0 Å². The van der Waals surface area contributed by atoms with Crippen LogP contribution in [0.2, 0.25) is 0 Å². The van der Waals surface area contributed by atoms with Gasteiger partial charge in [-0.25, -0.2) is 0 Å². The van der Waals surface area contributed by atoms with Crippen molar-refractivity contribution in [1.82, 2.24) is 9.80 Å². The van der Waals surface area contributed by atoms with Crippen LogP contribution in [0.1, 0.15) is 44.1 Å². The van der Waals surface area contributed by atoms with E-state index < -0.39 is 0 Å². The molecule has 0 unspecified atom stereocenters. The third kappa shape index (κ3) is 3.65. The monoisotopic (exact) mass is 322 g/mol. The standard InChI is InChI=1S/C22H30N2/c1-2-4-12-21(11-3-1)24-16-14-23(15-17-24)18-20-10-7-9-19-8-5-6-13-22(19)20/h5-10,13,21H,1-4,11-12,14-18H2. The molecule has 0 aromatic heterocycles. The second-order valence-corrected chi connectivity index (χ2v) is 7.60. The SMILES string of the molecule is c1ccc2c(CN3CCN(C4CCCCCC4)CC3)cccc2c1. The van der Waals surface area contributed by atoms with Gasteiger partial charge in [-0.1, -0.05) is 68.1 Å². The Labute approximate surface area is 146 Å². The van der Waals surface area contributed by atoms with Gasteiger partial charge in [-0.05, 0) is 29.2 Å². The number of fused-ring (bicyclic) bond motifs is 1. The van der Waals surface area contributed by atoms with E-state index in [0.29, 0.717) is 0 Å². The van der Waals surface area contributed by atoms with E-state index >= 15 is 0 Å². The first kappa shape index (κ1) is 16.1. The smallest absolute Gasteiger partial charge is 0.0240 e. The lowest BCUT2D eigenvalue weighted by molar-refractivity contribution is 0.0853. The maximum absolute atomic E-state index is 2.78. The minimum absolute atomic E-state index is 0.868. The number of hydrogen-bond acceptors (Lipinski definition) is 2. The Hall–Kier alpha value is -1.38. The lowest BCUT2D eigenvalue weighted by atomic mass is 10.0. The Morgan fingerprint density at radius 2 is 1.46 bits per heavy atom. The summed E-state index contributed by atoms with van der Waals surface area (Å²) in [6, 6.07) is 16.4. The molecule has 0 amide bonds. The zero-order valence-electron chi connectivity index (χ0n) is 14.8. The van der Waals surface area contributed by atoms with E-state index in [1.54, 1.807) is 0 Å². The summed E-state index contributed by atoms with van der Waals surface area (Å²) in [5.41, 5.74) is 1.48. The summed E-state index contributed by atoms with van der Waals surface area (Å²) in [6.07, 6.45) is 8.67. The van der Waals surface area contributed by atoms with Gasteiger partial charge >= 0.3 is 0 Å². The minimum Gasteiger partial charge on any atom is -0.298 e. The Kier molecular flexibility index (Phi) is 5.15. The quantitative estimate of drug-likeness (QED) is 0.757. The first-order valence-electron chi connectivity index (χ1n) is 9.83. The molecule has 2 aromatic carbocycles. The Balaban J connectivity index is 1.37. The van der Waals surface area contributed by atoms with Crippen molar-refractivity contribution >= 4 is 10.8 Å². The van der Waals surface area contributed by atoms with Crippen LogP contribution < -0.4 is 0 Å². The molecule has 2 nitrogen and oxygen atoms in total. The van der Waals surface area contributed by atoms with Gasteiger partial charge in [-0.3, -0.25) is 9.80 Å². The molecule has 0 radical (unpaired) electrons. The summed E-state index contributed by atoms with van der Waals surface area (Å²) in [5, 5.41) is 2.79. The van der Waals surface area contributed by atoms with Gasteiger partial charge in [0.2, 0.25) is 0 Å². The van der Waals surface area contributed by atoms with E-state index in [4.69, 9.17) is 0 Å². The molecule has 1 heterocycles. The molecule has 1 aliphatic heterocycles. The first-order chi connectivity index (χ1) is 11.9. The summed E-state index contributed by atoms with van der Waals surface area (Å²) < 4.78 is 0. The second kappa shape index (κ2) is 7.67. The number of benzene rings is 2. The Morgan fingerprint density at radius 1 is 0.750 bits per heavy atom. The fourth-order valence-corrected chi connectivity index (χ4v) is 4.58. The summed E-state index contributed by atoms with van der Waals surface area (Å²) >= 11 is 0. The normalized spacial score (nSPS) is 21.8. The summed E-state index contributed by atoms with van der Waals surface area (Å²) in [7, 11) is 0. The molecule has 1 aliphatic carbocycles. The van der Waals surface area contributed by atoms with Crippen molar-refractivity contribution in [2.75, 3.05) is 26.2 Å². The van der Waals surface area contributed by atoms with E-state index in [0.717, 1.165) is 12.6 Å². The van der Waals surface area contributed by atoms with Gasteiger partial charge < -0.3 is 0 Å². The average Bonchev–Trinajstić information content (AvgIpc) is 2.92. The predicted molar refractivity (Wildman–Crippen MR) is 102 cm³/mol. The van der Waals surface area contributed by atoms with Gasteiger partial charge in [-0.2, -0.15) is 0 Å². The molecule has 4 rings (SSSR count). The molecule has 0 bridgehead atoms.